The van der Waals surface area contributed by atoms with Crippen molar-refractivity contribution >= 4 is 38.4 Å². The van der Waals surface area contributed by atoms with E-state index in [4.69, 9.17) is 9.72 Å². The number of nitrogens with one attached hydrogen (secondary N) is 1. The molecular formula is C24H18BrFN2O2. The second-order valence-corrected chi connectivity index (χ2v) is 7.52. The van der Waals surface area contributed by atoms with Crippen LogP contribution in [0.1, 0.15) is 17.3 Å². The zero-order valence-corrected chi connectivity index (χ0v) is 17.7. The molecule has 4 rings (SSSR count). The number of hydrogen-bond acceptors (Lipinski definition) is 3. The van der Waals surface area contributed by atoms with Gasteiger partial charge in [-0.1, -0.05) is 34.1 Å². The van der Waals surface area contributed by atoms with Crippen LogP contribution in [0.15, 0.2) is 77.3 Å². The molecule has 0 saturated carbocycles. The second kappa shape index (κ2) is 8.63. The molecule has 30 heavy (non-hydrogen) atoms. The van der Waals surface area contributed by atoms with E-state index < -0.39 is 11.7 Å². The minimum atomic E-state index is -0.511. The number of halogens is 2. The SMILES string of the molecule is CCOc1ccc(-c2cc(C(=O)Nc3ccc(Br)cc3F)c3ccccc3n2)cc1. The van der Waals surface area contributed by atoms with Crippen LogP contribution in [-0.4, -0.2) is 17.5 Å². The lowest BCUT2D eigenvalue weighted by Gasteiger charge is -2.12. The van der Waals surface area contributed by atoms with Crippen molar-refractivity contribution in [3.8, 4) is 17.0 Å². The largest absolute Gasteiger partial charge is 0.494 e. The lowest BCUT2D eigenvalue weighted by molar-refractivity contribution is 0.102. The van der Waals surface area contributed by atoms with Gasteiger partial charge in [0.1, 0.15) is 11.6 Å². The number of benzene rings is 3. The van der Waals surface area contributed by atoms with E-state index >= 15 is 0 Å². The van der Waals surface area contributed by atoms with E-state index in [2.05, 4.69) is 21.2 Å². The summed E-state index contributed by atoms with van der Waals surface area (Å²) in [7, 11) is 0. The van der Waals surface area contributed by atoms with Gasteiger partial charge in [0.2, 0.25) is 0 Å². The summed E-state index contributed by atoms with van der Waals surface area (Å²) >= 11 is 3.22. The molecule has 0 aliphatic carbocycles. The van der Waals surface area contributed by atoms with Gasteiger partial charge in [0.25, 0.3) is 5.91 Å². The third-order valence-corrected chi connectivity index (χ3v) is 5.09. The monoisotopic (exact) mass is 464 g/mol. The fourth-order valence-electron chi connectivity index (χ4n) is 3.18. The fraction of sp³-hybridized carbons (Fsp3) is 0.0833. The number of carbonyl (C=O) groups excluding carboxylic acids is 1. The summed E-state index contributed by atoms with van der Waals surface area (Å²) in [6.07, 6.45) is 0. The first kappa shape index (κ1) is 20.0. The summed E-state index contributed by atoms with van der Waals surface area (Å²) in [5, 5.41) is 3.36. The predicted octanol–water partition coefficient (Wildman–Crippen LogP) is 6.45. The highest BCUT2D eigenvalue weighted by atomic mass is 79.9. The van der Waals surface area contributed by atoms with Crippen molar-refractivity contribution < 1.29 is 13.9 Å². The van der Waals surface area contributed by atoms with Gasteiger partial charge in [0.05, 0.1) is 29.1 Å². The fourth-order valence-corrected chi connectivity index (χ4v) is 3.51. The first-order chi connectivity index (χ1) is 14.5. The Balaban J connectivity index is 1.75. The molecule has 4 aromatic rings. The summed E-state index contributed by atoms with van der Waals surface area (Å²) in [5.41, 5.74) is 2.73. The van der Waals surface area contributed by atoms with Gasteiger partial charge in [-0.2, -0.15) is 0 Å². The summed E-state index contributed by atoms with van der Waals surface area (Å²) in [4.78, 5) is 17.8. The van der Waals surface area contributed by atoms with E-state index in [1.54, 1.807) is 12.1 Å². The van der Waals surface area contributed by atoms with Gasteiger partial charge < -0.3 is 10.1 Å². The van der Waals surface area contributed by atoms with Crippen LogP contribution in [0.2, 0.25) is 0 Å². The first-order valence-corrected chi connectivity index (χ1v) is 10.2. The standard InChI is InChI=1S/C24H18BrFN2O2/c1-2-30-17-10-7-15(8-11-17)23-14-19(18-5-3-4-6-21(18)27-23)24(29)28-22-12-9-16(25)13-20(22)26/h3-14H,2H2,1H3,(H,28,29). The number of para-hydroxylation sites is 1. The highest BCUT2D eigenvalue weighted by Crippen LogP contribution is 2.28. The Morgan fingerprint density at radius 2 is 1.83 bits per heavy atom. The van der Waals surface area contributed by atoms with Crippen molar-refractivity contribution in [1.29, 1.82) is 0 Å². The van der Waals surface area contributed by atoms with E-state index in [0.717, 1.165) is 11.3 Å². The number of ether oxygens (including phenoxy) is 1. The average molecular weight is 465 g/mol. The van der Waals surface area contributed by atoms with Gasteiger partial charge in [0.15, 0.2) is 0 Å². The van der Waals surface area contributed by atoms with Crippen LogP contribution in [0.3, 0.4) is 0 Å². The molecular weight excluding hydrogens is 447 g/mol. The minimum Gasteiger partial charge on any atom is -0.494 e. The third kappa shape index (κ3) is 4.19. The van der Waals surface area contributed by atoms with Gasteiger partial charge in [-0.25, -0.2) is 9.37 Å². The van der Waals surface area contributed by atoms with Crippen LogP contribution in [0.5, 0.6) is 5.75 Å². The van der Waals surface area contributed by atoms with E-state index in [-0.39, 0.29) is 5.69 Å². The van der Waals surface area contributed by atoms with Crippen LogP contribution in [0.4, 0.5) is 10.1 Å². The average Bonchev–Trinajstić information content (AvgIpc) is 2.75. The van der Waals surface area contributed by atoms with Gasteiger partial charge in [-0.05, 0) is 61.5 Å². The highest BCUT2D eigenvalue weighted by molar-refractivity contribution is 9.10. The van der Waals surface area contributed by atoms with Crippen LogP contribution < -0.4 is 10.1 Å². The Hall–Kier alpha value is -3.25. The van der Waals surface area contributed by atoms with Gasteiger partial charge in [-0.15, -0.1) is 0 Å². The molecule has 0 spiro atoms. The van der Waals surface area contributed by atoms with E-state index in [1.165, 1.54) is 12.1 Å². The van der Waals surface area contributed by atoms with Crippen molar-refractivity contribution in [3.05, 3.63) is 88.6 Å². The number of pyridine rings is 1. The number of rotatable bonds is 5. The van der Waals surface area contributed by atoms with E-state index in [1.807, 2.05) is 55.5 Å². The molecule has 0 aliphatic rings. The number of carbonyl (C=O) groups is 1. The van der Waals surface area contributed by atoms with Crippen LogP contribution >= 0.6 is 15.9 Å². The maximum absolute atomic E-state index is 14.2. The number of hydrogen-bond donors (Lipinski definition) is 1. The van der Waals surface area contributed by atoms with Crippen molar-refractivity contribution in [3.63, 3.8) is 0 Å². The second-order valence-electron chi connectivity index (χ2n) is 6.61. The number of anilines is 1. The third-order valence-electron chi connectivity index (χ3n) is 4.60. The maximum Gasteiger partial charge on any atom is 0.256 e. The number of fused-ring (bicyclic) bond motifs is 1. The molecule has 1 N–H and O–H groups in total. The number of aromatic nitrogens is 1. The first-order valence-electron chi connectivity index (χ1n) is 9.44. The molecule has 1 heterocycles. The summed E-state index contributed by atoms with van der Waals surface area (Å²) < 4.78 is 20.3. The zero-order valence-electron chi connectivity index (χ0n) is 16.2. The Kier molecular flexibility index (Phi) is 5.77. The van der Waals surface area contributed by atoms with Gasteiger partial charge in [0, 0.05) is 15.4 Å². The van der Waals surface area contributed by atoms with Crippen molar-refractivity contribution in [2.75, 3.05) is 11.9 Å². The Morgan fingerprint density at radius 1 is 1.07 bits per heavy atom. The molecule has 0 aliphatic heterocycles. The Labute approximate surface area is 181 Å². The highest BCUT2D eigenvalue weighted by Gasteiger charge is 2.16. The van der Waals surface area contributed by atoms with Gasteiger partial charge >= 0.3 is 0 Å². The predicted molar refractivity (Wildman–Crippen MR) is 120 cm³/mol. The molecule has 1 amide bonds. The Morgan fingerprint density at radius 3 is 2.57 bits per heavy atom. The maximum atomic E-state index is 14.2. The van der Waals surface area contributed by atoms with Crippen LogP contribution in [0.25, 0.3) is 22.2 Å². The molecule has 0 fully saturated rings. The Bertz CT molecular complexity index is 1230. The van der Waals surface area contributed by atoms with E-state index in [9.17, 15) is 9.18 Å². The lowest BCUT2D eigenvalue weighted by atomic mass is 10.0. The lowest BCUT2D eigenvalue weighted by Crippen LogP contribution is -2.14. The minimum absolute atomic E-state index is 0.117. The molecule has 0 saturated heterocycles. The van der Waals surface area contributed by atoms with Crippen molar-refractivity contribution in [2.24, 2.45) is 0 Å². The van der Waals surface area contributed by atoms with Gasteiger partial charge in [-0.3, -0.25) is 4.79 Å². The summed E-state index contributed by atoms with van der Waals surface area (Å²) in [5.74, 6) is -0.143. The number of nitrogens with zero attached hydrogens (tertiary/aromatic N) is 1. The van der Waals surface area contributed by atoms with Crippen LogP contribution in [0, 0.1) is 5.82 Å². The van der Waals surface area contributed by atoms with Crippen molar-refractivity contribution in [2.45, 2.75) is 6.92 Å². The quantitative estimate of drug-likeness (QED) is 0.368. The normalized spacial score (nSPS) is 10.8. The molecule has 6 heteroatoms. The molecule has 4 nitrogen and oxygen atoms in total. The zero-order chi connectivity index (χ0) is 21.1. The molecule has 150 valence electrons. The summed E-state index contributed by atoms with van der Waals surface area (Å²) in [6, 6.07) is 21.2. The molecule has 3 aromatic carbocycles. The van der Waals surface area contributed by atoms with E-state index in [0.29, 0.717) is 33.2 Å². The summed E-state index contributed by atoms with van der Waals surface area (Å²) in [6.45, 7) is 2.52. The molecule has 1 aromatic heterocycles. The molecule has 0 bridgehead atoms. The molecule has 0 radical (unpaired) electrons. The topological polar surface area (TPSA) is 51.2 Å². The molecule has 0 atom stereocenters. The van der Waals surface area contributed by atoms with Crippen LogP contribution in [-0.2, 0) is 0 Å². The smallest absolute Gasteiger partial charge is 0.256 e. The molecule has 0 unspecified atom stereocenters. The van der Waals surface area contributed by atoms with Crippen molar-refractivity contribution in [1.82, 2.24) is 4.98 Å². The number of amides is 1.